The van der Waals surface area contributed by atoms with E-state index in [1.807, 2.05) is 19.9 Å². The van der Waals surface area contributed by atoms with Gasteiger partial charge in [-0.15, -0.1) is 0 Å². The molecule has 0 radical (unpaired) electrons. The summed E-state index contributed by atoms with van der Waals surface area (Å²) in [4.78, 5) is 4.36. The molecule has 0 bridgehead atoms. The van der Waals surface area contributed by atoms with E-state index in [1.54, 1.807) is 0 Å². The average molecular weight is 263 g/mol. The fraction of sp³-hybridized carbons (Fsp3) is 0.294. The Labute approximate surface area is 119 Å². The van der Waals surface area contributed by atoms with Crippen molar-refractivity contribution in [2.24, 2.45) is 0 Å². The van der Waals surface area contributed by atoms with Crippen LogP contribution < -0.4 is 5.32 Å². The van der Waals surface area contributed by atoms with E-state index < -0.39 is 0 Å². The third-order valence-corrected chi connectivity index (χ3v) is 3.85. The van der Waals surface area contributed by atoms with Crippen LogP contribution in [0.4, 0.5) is 5.69 Å². The van der Waals surface area contributed by atoms with Gasteiger partial charge in [-0.2, -0.15) is 5.26 Å². The zero-order valence-electron chi connectivity index (χ0n) is 11.8. The lowest BCUT2D eigenvalue weighted by molar-refractivity contribution is 0.773. The molecule has 1 aliphatic carbocycles. The SMILES string of the molecule is Cc1cc(NC2Cc3ccccc3C2)c(C#N)c(C)n1. The second-order valence-electron chi connectivity index (χ2n) is 5.40. The van der Waals surface area contributed by atoms with Gasteiger partial charge in [0.1, 0.15) is 6.07 Å². The van der Waals surface area contributed by atoms with Gasteiger partial charge < -0.3 is 5.32 Å². The summed E-state index contributed by atoms with van der Waals surface area (Å²) < 4.78 is 0. The molecule has 0 fully saturated rings. The third kappa shape index (κ3) is 2.25. The third-order valence-electron chi connectivity index (χ3n) is 3.85. The van der Waals surface area contributed by atoms with E-state index in [1.165, 1.54) is 11.1 Å². The first-order valence-corrected chi connectivity index (χ1v) is 6.89. The summed E-state index contributed by atoms with van der Waals surface area (Å²) in [5, 5.41) is 12.8. The van der Waals surface area contributed by atoms with Gasteiger partial charge in [-0.1, -0.05) is 24.3 Å². The van der Waals surface area contributed by atoms with Gasteiger partial charge in [0.2, 0.25) is 0 Å². The minimum Gasteiger partial charge on any atom is -0.380 e. The number of aryl methyl sites for hydroxylation is 2. The van der Waals surface area contributed by atoms with Crippen LogP contribution in [0.3, 0.4) is 0 Å². The number of nitrogens with one attached hydrogen (secondary N) is 1. The molecule has 0 spiro atoms. The van der Waals surface area contributed by atoms with Crippen LogP contribution in [0.5, 0.6) is 0 Å². The molecule has 0 aliphatic heterocycles. The maximum absolute atomic E-state index is 9.31. The van der Waals surface area contributed by atoms with Crippen LogP contribution >= 0.6 is 0 Å². The molecule has 1 aromatic heterocycles. The molecule has 1 aliphatic rings. The fourth-order valence-corrected chi connectivity index (χ4v) is 2.96. The highest BCUT2D eigenvalue weighted by molar-refractivity contribution is 5.61. The Morgan fingerprint density at radius 3 is 2.45 bits per heavy atom. The standard InChI is InChI=1S/C17H17N3/c1-11-7-17(16(10-18)12(2)19-11)20-15-8-13-5-3-4-6-14(13)9-15/h3-7,15H,8-9H2,1-2H3,(H,19,20). The number of nitriles is 1. The zero-order chi connectivity index (χ0) is 14.1. The van der Waals surface area contributed by atoms with Gasteiger partial charge in [0.15, 0.2) is 0 Å². The Morgan fingerprint density at radius 1 is 1.20 bits per heavy atom. The molecule has 0 unspecified atom stereocenters. The van der Waals surface area contributed by atoms with E-state index in [2.05, 4.69) is 40.6 Å². The molecule has 2 aromatic rings. The molecule has 1 aromatic carbocycles. The molecule has 1 heterocycles. The molecule has 20 heavy (non-hydrogen) atoms. The molecule has 3 rings (SSSR count). The van der Waals surface area contributed by atoms with Gasteiger partial charge >= 0.3 is 0 Å². The summed E-state index contributed by atoms with van der Waals surface area (Å²) >= 11 is 0. The van der Waals surface area contributed by atoms with E-state index >= 15 is 0 Å². The average Bonchev–Trinajstić information content (AvgIpc) is 2.80. The molecule has 0 amide bonds. The number of pyridine rings is 1. The van der Waals surface area contributed by atoms with E-state index in [0.717, 1.165) is 29.9 Å². The summed E-state index contributed by atoms with van der Waals surface area (Å²) in [6.07, 6.45) is 2.03. The summed E-state index contributed by atoms with van der Waals surface area (Å²) in [7, 11) is 0. The first-order chi connectivity index (χ1) is 9.67. The van der Waals surface area contributed by atoms with Crippen LogP contribution in [0.2, 0.25) is 0 Å². The van der Waals surface area contributed by atoms with Gasteiger partial charge in [0.05, 0.1) is 16.9 Å². The predicted molar refractivity (Wildman–Crippen MR) is 79.7 cm³/mol. The quantitative estimate of drug-likeness (QED) is 0.905. The van der Waals surface area contributed by atoms with Gasteiger partial charge in [0.25, 0.3) is 0 Å². The lowest BCUT2D eigenvalue weighted by Crippen LogP contribution is -2.20. The largest absolute Gasteiger partial charge is 0.380 e. The van der Waals surface area contributed by atoms with E-state index in [-0.39, 0.29) is 0 Å². The summed E-state index contributed by atoms with van der Waals surface area (Å²) in [6.45, 7) is 3.85. The number of rotatable bonds is 2. The van der Waals surface area contributed by atoms with Crippen molar-refractivity contribution in [3.8, 4) is 6.07 Å². The Morgan fingerprint density at radius 2 is 1.85 bits per heavy atom. The minimum atomic E-state index is 0.362. The number of nitrogens with zero attached hydrogens (tertiary/aromatic N) is 2. The Balaban J connectivity index is 1.86. The highest BCUT2D eigenvalue weighted by atomic mass is 14.9. The fourth-order valence-electron chi connectivity index (χ4n) is 2.96. The van der Waals surface area contributed by atoms with Crippen LogP contribution in [0.15, 0.2) is 30.3 Å². The number of hydrogen-bond donors (Lipinski definition) is 1. The van der Waals surface area contributed by atoms with Crippen LogP contribution in [0.25, 0.3) is 0 Å². The van der Waals surface area contributed by atoms with Crippen LogP contribution in [0, 0.1) is 25.2 Å². The molecular formula is C17H17N3. The van der Waals surface area contributed by atoms with E-state index in [0.29, 0.717) is 11.6 Å². The first kappa shape index (κ1) is 12.7. The topological polar surface area (TPSA) is 48.7 Å². The van der Waals surface area contributed by atoms with Crippen molar-refractivity contribution in [3.63, 3.8) is 0 Å². The molecule has 3 nitrogen and oxygen atoms in total. The molecule has 0 saturated heterocycles. The van der Waals surface area contributed by atoms with Crippen LogP contribution in [-0.4, -0.2) is 11.0 Å². The van der Waals surface area contributed by atoms with Crippen molar-refractivity contribution in [1.82, 2.24) is 4.98 Å². The van der Waals surface area contributed by atoms with Gasteiger partial charge in [-0.05, 0) is 43.9 Å². The van der Waals surface area contributed by atoms with Crippen LogP contribution in [0.1, 0.15) is 28.1 Å². The van der Waals surface area contributed by atoms with Gasteiger partial charge in [-0.25, -0.2) is 0 Å². The lowest BCUT2D eigenvalue weighted by atomic mass is 10.1. The Hall–Kier alpha value is -2.34. The second kappa shape index (κ2) is 4.97. The molecular weight excluding hydrogens is 246 g/mol. The monoisotopic (exact) mass is 263 g/mol. The summed E-state index contributed by atoms with van der Waals surface area (Å²) in [6, 6.07) is 13.1. The molecule has 1 N–H and O–H groups in total. The second-order valence-corrected chi connectivity index (χ2v) is 5.40. The minimum absolute atomic E-state index is 0.362. The number of fused-ring (bicyclic) bond motifs is 1. The highest BCUT2D eigenvalue weighted by Crippen LogP contribution is 2.26. The van der Waals surface area contributed by atoms with Crippen molar-refractivity contribution in [2.45, 2.75) is 32.7 Å². The maximum Gasteiger partial charge on any atom is 0.103 e. The summed E-state index contributed by atoms with van der Waals surface area (Å²) in [5.74, 6) is 0. The van der Waals surface area contributed by atoms with Crippen molar-refractivity contribution >= 4 is 5.69 Å². The van der Waals surface area contributed by atoms with Gasteiger partial charge in [0, 0.05) is 11.7 Å². The summed E-state index contributed by atoms with van der Waals surface area (Å²) in [5.41, 5.74) is 6.13. The molecule has 100 valence electrons. The van der Waals surface area contributed by atoms with Gasteiger partial charge in [-0.3, -0.25) is 4.98 Å². The number of hydrogen-bond acceptors (Lipinski definition) is 3. The zero-order valence-corrected chi connectivity index (χ0v) is 11.8. The number of benzene rings is 1. The Kier molecular flexibility index (Phi) is 3.15. The molecule has 0 saturated carbocycles. The molecule has 0 atom stereocenters. The number of aromatic nitrogens is 1. The van der Waals surface area contributed by atoms with Crippen LogP contribution in [-0.2, 0) is 12.8 Å². The first-order valence-electron chi connectivity index (χ1n) is 6.89. The van der Waals surface area contributed by atoms with Crippen molar-refractivity contribution in [2.75, 3.05) is 5.32 Å². The number of anilines is 1. The maximum atomic E-state index is 9.31. The predicted octanol–water partition coefficient (Wildman–Crippen LogP) is 3.15. The van der Waals surface area contributed by atoms with E-state index in [9.17, 15) is 5.26 Å². The van der Waals surface area contributed by atoms with Crippen molar-refractivity contribution < 1.29 is 0 Å². The van der Waals surface area contributed by atoms with Crippen molar-refractivity contribution in [1.29, 1.82) is 5.26 Å². The van der Waals surface area contributed by atoms with Crippen molar-refractivity contribution in [3.05, 3.63) is 58.4 Å². The lowest BCUT2D eigenvalue weighted by Gasteiger charge is -2.16. The normalized spacial score (nSPS) is 13.8. The molecule has 3 heteroatoms. The highest BCUT2D eigenvalue weighted by Gasteiger charge is 2.22. The smallest absolute Gasteiger partial charge is 0.103 e. The Bertz CT molecular complexity index is 673. The van der Waals surface area contributed by atoms with E-state index in [4.69, 9.17) is 0 Å².